The van der Waals surface area contributed by atoms with E-state index in [-0.39, 0.29) is 35.3 Å². The summed E-state index contributed by atoms with van der Waals surface area (Å²) in [4.78, 5) is 38.7. The number of hydrogen-bond donors (Lipinski definition) is 4. The fraction of sp³-hybridized carbons (Fsp3) is 0.368. The predicted molar refractivity (Wildman–Crippen MR) is 116 cm³/mol. The summed E-state index contributed by atoms with van der Waals surface area (Å²) in [5, 5.41) is 23.0. The summed E-state index contributed by atoms with van der Waals surface area (Å²) < 4.78 is 10.8. The van der Waals surface area contributed by atoms with Gasteiger partial charge in [0.05, 0.1) is 12.9 Å². The molecule has 4 rings (SSSR count). The molecule has 5 N–H and O–H groups in total. The van der Waals surface area contributed by atoms with E-state index in [0.29, 0.717) is 4.88 Å². The molecule has 172 valence electrons. The van der Waals surface area contributed by atoms with Gasteiger partial charge in [0.2, 0.25) is 5.82 Å². The molecule has 4 atom stereocenters. The van der Waals surface area contributed by atoms with Gasteiger partial charge >= 0.3 is 0 Å². The van der Waals surface area contributed by atoms with Crippen molar-refractivity contribution in [3.8, 4) is 11.8 Å². The monoisotopic (exact) mass is 472 g/mol. The number of amides is 2. The van der Waals surface area contributed by atoms with Crippen LogP contribution in [0.25, 0.3) is 11.2 Å². The first-order valence-electron chi connectivity index (χ1n) is 9.70. The van der Waals surface area contributed by atoms with E-state index in [2.05, 4.69) is 36.5 Å². The standard InChI is InChI=1S/C19H20N8O5S/c1-21-17(30)14-12(28)13(29)19(32-14)27-8-22-11-15(20)24-10(25-16(11)27)4-3-7-26(2)18(31)9-5-6-23-33-9/h5-6,8,12-14,19,28-29H,7H2,1-2H3,(H,21,30)(H2,20,24,25)/t12?,13-,14+,19-/m1/s1. The third kappa shape index (κ3) is 4.22. The molecule has 1 aliphatic heterocycles. The number of carbonyl (C=O) groups is 2. The maximum atomic E-state index is 12.3. The molecule has 0 saturated carbocycles. The minimum Gasteiger partial charge on any atom is -0.387 e. The smallest absolute Gasteiger partial charge is 0.266 e. The van der Waals surface area contributed by atoms with E-state index in [9.17, 15) is 19.8 Å². The number of nitrogens with one attached hydrogen (secondary N) is 1. The van der Waals surface area contributed by atoms with Gasteiger partial charge in [-0.05, 0) is 23.5 Å². The van der Waals surface area contributed by atoms with Gasteiger partial charge in [-0.3, -0.25) is 14.2 Å². The molecule has 3 aromatic heterocycles. The average molecular weight is 472 g/mol. The van der Waals surface area contributed by atoms with Crippen molar-refractivity contribution in [3.63, 3.8) is 0 Å². The lowest BCUT2D eigenvalue weighted by Crippen LogP contribution is -2.41. The summed E-state index contributed by atoms with van der Waals surface area (Å²) in [6.07, 6.45) is -2.39. The van der Waals surface area contributed by atoms with Crippen LogP contribution >= 0.6 is 11.5 Å². The zero-order chi connectivity index (χ0) is 23.7. The minimum atomic E-state index is -1.45. The molecule has 0 bridgehead atoms. The number of aliphatic hydroxyl groups excluding tert-OH is 2. The second-order valence-corrected chi connectivity index (χ2v) is 7.97. The Kier molecular flexibility index (Phi) is 6.20. The Labute approximate surface area is 191 Å². The normalized spacial score (nSPS) is 22.1. The zero-order valence-corrected chi connectivity index (χ0v) is 18.4. The first-order valence-corrected chi connectivity index (χ1v) is 10.5. The number of anilines is 1. The molecule has 0 aromatic carbocycles. The number of imidazole rings is 1. The molecule has 3 aromatic rings. The molecule has 33 heavy (non-hydrogen) atoms. The Morgan fingerprint density at radius 3 is 2.85 bits per heavy atom. The van der Waals surface area contributed by atoms with E-state index < -0.39 is 30.4 Å². The Bertz CT molecular complexity index is 1250. The van der Waals surface area contributed by atoms with E-state index in [1.807, 2.05) is 0 Å². The zero-order valence-electron chi connectivity index (χ0n) is 17.5. The lowest BCUT2D eigenvalue weighted by atomic mass is 10.1. The number of carbonyl (C=O) groups excluding carboxylic acids is 2. The molecule has 1 aliphatic rings. The number of likely N-dealkylation sites (N-methyl/N-ethyl adjacent to an activating group) is 1. The van der Waals surface area contributed by atoms with E-state index >= 15 is 0 Å². The van der Waals surface area contributed by atoms with Crippen LogP contribution in [-0.4, -0.2) is 89.8 Å². The van der Waals surface area contributed by atoms with Gasteiger partial charge in [0.1, 0.15) is 22.6 Å². The highest BCUT2D eigenvalue weighted by atomic mass is 32.1. The molecule has 14 heteroatoms. The Balaban J connectivity index is 1.58. The number of aromatic nitrogens is 5. The highest BCUT2D eigenvalue weighted by Gasteiger charge is 2.47. The quantitative estimate of drug-likeness (QED) is 0.321. The van der Waals surface area contributed by atoms with Gasteiger partial charge in [0.15, 0.2) is 23.8 Å². The molecular weight excluding hydrogens is 452 g/mol. The summed E-state index contributed by atoms with van der Waals surface area (Å²) in [5.41, 5.74) is 6.44. The summed E-state index contributed by atoms with van der Waals surface area (Å²) in [6, 6.07) is 1.63. The summed E-state index contributed by atoms with van der Waals surface area (Å²) in [7, 11) is 3.00. The van der Waals surface area contributed by atoms with Crippen LogP contribution in [0, 0.1) is 11.8 Å². The Morgan fingerprint density at radius 1 is 1.36 bits per heavy atom. The topological polar surface area (TPSA) is 182 Å². The molecule has 0 radical (unpaired) electrons. The lowest BCUT2D eigenvalue weighted by Gasteiger charge is -2.16. The van der Waals surface area contributed by atoms with Crippen molar-refractivity contribution in [3.05, 3.63) is 29.3 Å². The summed E-state index contributed by atoms with van der Waals surface area (Å²) >= 11 is 1.10. The fourth-order valence-electron chi connectivity index (χ4n) is 3.25. The number of fused-ring (bicyclic) bond motifs is 1. The molecule has 1 fully saturated rings. The van der Waals surface area contributed by atoms with Crippen LogP contribution in [-0.2, 0) is 9.53 Å². The molecule has 0 aliphatic carbocycles. The lowest BCUT2D eigenvalue weighted by molar-refractivity contribution is -0.137. The molecule has 2 amide bonds. The maximum Gasteiger partial charge on any atom is 0.266 e. The molecule has 1 saturated heterocycles. The van der Waals surface area contributed by atoms with E-state index in [4.69, 9.17) is 10.5 Å². The van der Waals surface area contributed by atoms with Crippen LogP contribution in [0.1, 0.15) is 21.7 Å². The van der Waals surface area contributed by atoms with Crippen LogP contribution in [0.3, 0.4) is 0 Å². The van der Waals surface area contributed by atoms with Crippen LogP contribution in [0.5, 0.6) is 0 Å². The van der Waals surface area contributed by atoms with Gasteiger partial charge in [-0.15, -0.1) is 0 Å². The maximum absolute atomic E-state index is 12.3. The van der Waals surface area contributed by atoms with Crippen molar-refractivity contribution in [2.75, 3.05) is 26.4 Å². The number of hydrogen-bond acceptors (Lipinski definition) is 11. The van der Waals surface area contributed by atoms with E-state index in [1.54, 1.807) is 19.3 Å². The van der Waals surface area contributed by atoms with Gasteiger partial charge in [0.25, 0.3) is 11.8 Å². The number of nitrogen functional groups attached to an aromatic ring is 1. The van der Waals surface area contributed by atoms with Gasteiger partial charge in [-0.1, -0.05) is 5.92 Å². The predicted octanol–water partition coefficient (Wildman–Crippen LogP) is -1.65. The minimum absolute atomic E-state index is 0.0491. The van der Waals surface area contributed by atoms with Gasteiger partial charge in [-0.2, -0.15) is 0 Å². The highest BCUT2D eigenvalue weighted by molar-refractivity contribution is 7.08. The number of nitrogens with zero attached hydrogens (tertiary/aromatic N) is 6. The number of nitrogens with two attached hydrogens (primary N) is 1. The third-order valence-corrected chi connectivity index (χ3v) is 5.71. The Hall–Kier alpha value is -3.64. The van der Waals surface area contributed by atoms with Crippen molar-refractivity contribution in [1.82, 2.24) is 34.1 Å². The van der Waals surface area contributed by atoms with Crippen LogP contribution in [0.4, 0.5) is 5.82 Å². The first kappa shape index (κ1) is 22.6. The van der Waals surface area contributed by atoms with Crippen molar-refractivity contribution in [2.24, 2.45) is 0 Å². The van der Waals surface area contributed by atoms with Gasteiger partial charge < -0.3 is 30.9 Å². The molecule has 4 heterocycles. The van der Waals surface area contributed by atoms with Crippen molar-refractivity contribution < 1.29 is 24.5 Å². The van der Waals surface area contributed by atoms with Crippen LogP contribution < -0.4 is 11.1 Å². The summed E-state index contributed by atoms with van der Waals surface area (Å²) in [6.45, 7) is 0.113. The van der Waals surface area contributed by atoms with Crippen molar-refractivity contribution in [2.45, 2.75) is 24.5 Å². The van der Waals surface area contributed by atoms with E-state index in [1.165, 1.54) is 22.8 Å². The number of aliphatic hydroxyl groups is 2. The number of rotatable bonds is 4. The number of ether oxygens (including phenoxy) is 1. The van der Waals surface area contributed by atoms with Crippen LogP contribution in [0.2, 0.25) is 0 Å². The first-order chi connectivity index (χ1) is 15.8. The molecule has 0 spiro atoms. The molecular formula is C19H20N8O5S. The SMILES string of the molecule is CNC(=O)[C@H]1O[C@@H](n2cnc3c(N)nc(C#CCN(C)C(=O)c4ccns4)nc32)[C@H](O)C1O. The second kappa shape index (κ2) is 9.08. The van der Waals surface area contributed by atoms with Crippen molar-refractivity contribution >= 4 is 40.3 Å². The summed E-state index contributed by atoms with van der Waals surface area (Å²) in [5.74, 6) is 4.90. The second-order valence-electron chi connectivity index (χ2n) is 7.14. The van der Waals surface area contributed by atoms with E-state index in [0.717, 1.165) is 11.5 Å². The highest BCUT2D eigenvalue weighted by Crippen LogP contribution is 2.32. The van der Waals surface area contributed by atoms with Crippen LogP contribution in [0.15, 0.2) is 18.6 Å². The van der Waals surface area contributed by atoms with Crippen molar-refractivity contribution in [1.29, 1.82) is 0 Å². The fourth-order valence-corrected chi connectivity index (χ4v) is 3.84. The largest absolute Gasteiger partial charge is 0.387 e. The van der Waals surface area contributed by atoms with Gasteiger partial charge in [0, 0.05) is 20.3 Å². The van der Waals surface area contributed by atoms with Gasteiger partial charge in [-0.25, -0.2) is 19.3 Å². The average Bonchev–Trinajstić information content (AvgIpc) is 3.54. The molecule has 13 nitrogen and oxygen atoms in total. The molecule has 1 unspecified atom stereocenters. The third-order valence-electron chi connectivity index (χ3n) is 4.98. The Morgan fingerprint density at radius 2 is 2.15 bits per heavy atom.